The van der Waals surface area contributed by atoms with Gasteiger partial charge in [0.15, 0.2) is 11.6 Å². The molecule has 2 aromatic rings. The number of anilines is 1. The third kappa shape index (κ3) is 4.32. The van der Waals surface area contributed by atoms with E-state index in [1.54, 1.807) is 6.07 Å². The second-order valence-corrected chi connectivity index (χ2v) is 5.38. The molecule has 0 saturated heterocycles. The van der Waals surface area contributed by atoms with Gasteiger partial charge in [-0.05, 0) is 20.3 Å². The number of aliphatic hydroxyl groups is 1. The standard InChI is InChI=1S/C15H19N3O3/c1-15(2,8-9-19)17-14(20)16-13-10-12(21-18-13)11-6-4-3-5-7-11/h3-7,10,19H,8-9H2,1-2H3,(H2,16,17,18,20). The van der Waals surface area contributed by atoms with Crippen LogP contribution in [-0.2, 0) is 0 Å². The molecule has 2 amide bonds. The minimum absolute atomic E-state index is 0.00932. The van der Waals surface area contributed by atoms with Crippen molar-refractivity contribution in [2.24, 2.45) is 0 Å². The normalized spacial score (nSPS) is 11.2. The van der Waals surface area contributed by atoms with Crippen molar-refractivity contribution in [3.63, 3.8) is 0 Å². The van der Waals surface area contributed by atoms with Crippen molar-refractivity contribution in [2.75, 3.05) is 11.9 Å². The Morgan fingerprint density at radius 1 is 1.33 bits per heavy atom. The van der Waals surface area contributed by atoms with Gasteiger partial charge in [-0.3, -0.25) is 5.32 Å². The molecule has 0 spiro atoms. The van der Waals surface area contributed by atoms with Gasteiger partial charge in [0.05, 0.1) is 0 Å². The molecule has 2 rings (SSSR count). The Morgan fingerprint density at radius 3 is 2.71 bits per heavy atom. The van der Waals surface area contributed by atoms with E-state index in [1.165, 1.54) is 0 Å². The maximum Gasteiger partial charge on any atom is 0.320 e. The second kappa shape index (κ2) is 6.41. The van der Waals surface area contributed by atoms with Crippen LogP contribution in [0.2, 0.25) is 0 Å². The van der Waals surface area contributed by atoms with Crippen LogP contribution < -0.4 is 10.6 Å². The lowest BCUT2D eigenvalue weighted by Gasteiger charge is -2.24. The van der Waals surface area contributed by atoms with Gasteiger partial charge in [0, 0.05) is 23.8 Å². The molecule has 6 nitrogen and oxygen atoms in total. The fourth-order valence-corrected chi connectivity index (χ4v) is 1.87. The first kappa shape index (κ1) is 15.1. The van der Waals surface area contributed by atoms with Crippen LogP contribution in [0.4, 0.5) is 10.6 Å². The number of urea groups is 1. The second-order valence-electron chi connectivity index (χ2n) is 5.38. The van der Waals surface area contributed by atoms with E-state index in [1.807, 2.05) is 44.2 Å². The maximum absolute atomic E-state index is 11.9. The van der Waals surface area contributed by atoms with Crippen LogP contribution in [0.15, 0.2) is 40.9 Å². The lowest BCUT2D eigenvalue weighted by atomic mass is 10.0. The summed E-state index contributed by atoms with van der Waals surface area (Å²) < 4.78 is 5.20. The van der Waals surface area contributed by atoms with E-state index < -0.39 is 5.54 Å². The highest BCUT2D eigenvalue weighted by atomic mass is 16.5. The van der Waals surface area contributed by atoms with Gasteiger partial charge in [0.1, 0.15) is 0 Å². The van der Waals surface area contributed by atoms with E-state index in [2.05, 4.69) is 15.8 Å². The molecular weight excluding hydrogens is 270 g/mol. The van der Waals surface area contributed by atoms with Gasteiger partial charge in [-0.2, -0.15) is 0 Å². The average Bonchev–Trinajstić information content (AvgIpc) is 2.87. The fraction of sp³-hybridized carbons (Fsp3) is 0.333. The molecule has 112 valence electrons. The predicted molar refractivity (Wildman–Crippen MR) is 79.9 cm³/mol. The topological polar surface area (TPSA) is 87.4 Å². The zero-order valence-corrected chi connectivity index (χ0v) is 12.1. The van der Waals surface area contributed by atoms with E-state index >= 15 is 0 Å². The molecule has 6 heteroatoms. The highest BCUT2D eigenvalue weighted by Gasteiger charge is 2.20. The number of aromatic nitrogens is 1. The Morgan fingerprint density at radius 2 is 2.05 bits per heavy atom. The Bertz CT molecular complexity index is 593. The Labute approximate surface area is 123 Å². The number of hydrogen-bond donors (Lipinski definition) is 3. The number of benzene rings is 1. The van der Waals surface area contributed by atoms with Gasteiger partial charge in [-0.15, -0.1) is 0 Å². The van der Waals surface area contributed by atoms with Crippen LogP contribution in [-0.4, -0.2) is 28.4 Å². The third-order valence-corrected chi connectivity index (χ3v) is 3.00. The number of carbonyl (C=O) groups excluding carboxylic acids is 1. The number of carbonyl (C=O) groups is 1. The largest absolute Gasteiger partial charge is 0.396 e. The van der Waals surface area contributed by atoms with Crippen molar-refractivity contribution in [1.82, 2.24) is 10.5 Å². The van der Waals surface area contributed by atoms with Crippen LogP contribution in [0, 0.1) is 0 Å². The molecule has 0 aliphatic carbocycles. The van der Waals surface area contributed by atoms with Crippen LogP contribution in [0.5, 0.6) is 0 Å². The summed E-state index contributed by atoms with van der Waals surface area (Å²) in [7, 11) is 0. The zero-order chi connectivity index (χ0) is 15.3. The van der Waals surface area contributed by atoms with Gasteiger partial charge < -0.3 is 14.9 Å². The average molecular weight is 289 g/mol. The van der Waals surface area contributed by atoms with Crippen LogP contribution in [0.25, 0.3) is 11.3 Å². The van der Waals surface area contributed by atoms with Gasteiger partial charge in [0.2, 0.25) is 0 Å². The van der Waals surface area contributed by atoms with Crippen molar-refractivity contribution in [2.45, 2.75) is 25.8 Å². The molecule has 1 heterocycles. The molecule has 1 aromatic heterocycles. The van der Waals surface area contributed by atoms with Crippen molar-refractivity contribution in [1.29, 1.82) is 0 Å². The number of amides is 2. The number of nitrogens with one attached hydrogen (secondary N) is 2. The zero-order valence-electron chi connectivity index (χ0n) is 12.1. The Kier molecular flexibility index (Phi) is 4.59. The molecule has 3 N–H and O–H groups in total. The molecule has 0 saturated carbocycles. The van der Waals surface area contributed by atoms with E-state index in [-0.39, 0.29) is 12.6 Å². The van der Waals surface area contributed by atoms with Crippen LogP contribution in [0.3, 0.4) is 0 Å². The molecular formula is C15H19N3O3. The monoisotopic (exact) mass is 289 g/mol. The molecule has 0 atom stereocenters. The van der Waals surface area contributed by atoms with Crippen molar-refractivity contribution >= 4 is 11.8 Å². The lowest BCUT2D eigenvalue weighted by molar-refractivity contribution is 0.218. The van der Waals surface area contributed by atoms with Crippen LogP contribution >= 0.6 is 0 Å². The van der Waals surface area contributed by atoms with Gasteiger partial charge in [0.25, 0.3) is 0 Å². The summed E-state index contributed by atoms with van der Waals surface area (Å²) in [5.74, 6) is 0.923. The minimum Gasteiger partial charge on any atom is -0.396 e. The van der Waals surface area contributed by atoms with E-state index in [0.29, 0.717) is 18.0 Å². The molecule has 0 fully saturated rings. The summed E-state index contributed by atoms with van der Waals surface area (Å²) in [4.78, 5) is 11.9. The summed E-state index contributed by atoms with van der Waals surface area (Å²) in [5.41, 5.74) is 0.393. The molecule has 0 radical (unpaired) electrons. The molecule has 0 aliphatic heterocycles. The number of hydrogen-bond acceptors (Lipinski definition) is 4. The van der Waals surface area contributed by atoms with E-state index in [0.717, 1.165) is 5.56 Å². The predicted octanol–water partition coefficient (Wildman–Crippen LogP) is 2.62. The number of aliphatic hydroxyl groups excluding tert-OH is 1. The summed E-state index contributed by atoms with van der Waals surface area (Å²) >= 11 is 0. The Hall–Kier alpha value is -2.34. The highest BCUT2D eigenvalue weighted by Crippen LogP contribution is 2.21. The maximum atomic E-state index is 11.9. The number of rotatable bonds is 5. The van der Waals surface area contributed by atoms with Crippen LogP contribution in [0.1, 0.15) is 20.3 Å². The highest BCUT2D eigenvalue weighted by molar-refractivity contribution is 5.89. The van der Waals surface area contributed by atoms with Gasteiger partial charge in [-0.25, -0.2) is 4.79 Å². The first-order valence-electron chi connectivity index (χ1n) is 6.72. The van der Waals surface area contributed by atoms with E-state index in [9.17, 15) is 4.79 Å². The summed E-state index contributed by atoms with van der Waals surface area (Å²) in [6, 6.07) is 10.8. The third-order valence-electron chi connectivity index (χ3n) is 3.00. The first-order valence-corrected chi connectivity index (χ1v) is 6.72. The van der Waals surface area contributed by atoms with Crippen molar-refractivity contribution < 1.29 is 14.4 Å². The lowest BCUT2D eigenvalue weighted by Crippen LogP contribution is -2.46. The molecule has 1 aromatic carbocycles. The number of nitrogens with zero attached hydrogens (tertiary/aromatic N) is 1. The Balaban J connectivity index is 1.98. The van der Waals surface area contributed by atoms with Crippen molar-refractivity contribution in [3.8, 4) is 11.3 Å². The van der Waals surface area contributed by atoms with Crippen molar-refractivity contribution in [3.05, 3.63) is 36.4 Å². The molecule has 21 heavy (non-hydrogen) atoms. The van der Waals surface area contributed by atoms with Gasteiger partial charge in [-0.1, -0.05) is 35.5 Å². The summed E-state index contributed by atoms with van der Waals surface area (Å²) in [5, 5.41) is 18.1. The van der Waals surface area contributed by atoms with E-state index in [4.69, 9.17) is 9.63 Å². The van der Waals surface area contributed by atoms with Gasteiger partial charge >= 0.3 is 6.03 Å². The SMILES string of the molecule is CC(C)(CCO)NC(=O)Nc1cc(-c2ccccc2)on1. The summed E-state index contributed by atoms with van der Waals surface area (Å²) in [6.45, 7) is 3.68. The quantitative estimate of drug-likeness (QED) is 0.789. The molecule has 0 aliphatic rings. The molecule has 0 unspecified atom stereocenters. The first-order chi connectivity index (χ1) is 10.00. The smallest absolute Gasteiger partial charge is 0.320 e. The fourth-order valence-electron chi connectivity index (χ4n) is 1.87. The molecule has 0 bridgehead atoms. The minimum atomic E-state index is -0.495. The summed E-state index contributed by atoms with van der Waals surface area (Å²) in [6.07, 6.45) is 0.467.